The lowest BCUT2D eigenvalue weighted by molar-refractivity contribution is 0.381. The Kier molecular flexibility index (Phi) is 4.17. The van der Waals surface area contributed by atoms with Crippen molar-refractivity contribution in [3.63, 3.8) is 0 Å². The van der Waals surface area contributed by atoms with Gasteiger partial charge in [0.15, 0.2) is 0 Å². The van der Waals surface area contributed by atoms with Gasteiger partial charge < -0.3 is 10.2 Å². The first kappa shape index (κ1) is 15.3. The lowest BCUT2D eigenvalue weighted by atomic mass is 10.1. The zero-order chi connectivity index (χ0) is 15.6. The van der Waals surface area contributed by atoms with Gasteiger partial charge in [-0.2, -0.15) is 8.42 Å². The van der Waals surface area contributed by atoms with Crippen LogP contribution in [-0.4, -0.2) is 24.6 Å². The van der Waals surface area contributed by atoms with E-state index < -0.39 is 10.4 Å². The molecule has 0 saturated heterocycles. The van der Waals surface area contributed by atoms with Crippen LogP contribution in [0.25, 0.3) is 0 Å². The van der Waals surface area contributed by atoms with Crippen LogP contribution in [0.1, 0.15) is 5.56 Å². The third-order valence-corrected chi connectivity index (χ3v) is 3.14. The maximum atomic E-state index is 8.74. The highest BCUT2D eigenvalue weighted by atomic mass is 32.3. The number of hydrogen-bond acceptors (Lipinski definition) is 4. The zero-order valence-corrected chi connectivity index (χ0v) is 12.4. The molecule has 0 bridgehead atoms. The van der Waals surface area contributed by atoms with E-state index in [1.54, 1.807) is 0 Å². The Morgan fingerprint density at radius 3 is 2.24 bits per heavy atom. The molecule has 0 aromatic heterocycles. The number of nitrogens with one attached hydrogen (secondary N) is 1. The molecule has 6 nitrogen and oxygen atoms in total. The van der Waals surface area contributed by atoms with Crippen molar-refractivity contribution in [3.05, 3.63) is 48.0 Å². The Hall–Kier alpha value is -2.09. The Bertz CT molecular complexity index is 751. The van der Waals surface area contributed by atoms with E-state index in [1.165, 1.54) is 28.3 Å². The molecule has 2 aromatic carbocycles. The fraction of sp³-hybridized carbons (Fsp3) is 0.143. The van der Waals surface area contributed by atoms with Gasteiger partial charge in [-0.25, -0.2) is 0 Å². The predicted octanol–water partition coefficient (Wildman–Crippen LogP) is 3.17. The van der Waals surface area contributed by atoms with Crippen molar-refractivity contribution in [1.82, 2.24) is 0 Å². The number of aryl methyl sites for hydroxylation is 1. The lowest BCUT2D eigenvalue weighted by Gasteiger charge is -2.31. The Labute approximate surface area is 123 Å². The van der Waals surface area contributed by atoms with Gasteiger partial charge in [0, 0.05) is 7.05 Å². The molecular weight excluding hydrogens is 292 g/mol. The molecule has 0 radical (unpaired) electrons. The first-order valence-corrected chi connectivity index (χ1v) is 7.56. The van der Waals surface area contributed by atoms with Crippen molar-refractivity contribution in [2.45, 2.75) is 6.92 Å². The van der Waals surface area contributed by atoms with Gasteiger partial charge >= 0.3 is 10.4 Å². The van der Waals surface area contributed by atoms with Crippen LogP contribution in [0.4, 0.5) is 22.7 Å². The number of hydrogen-bond donors (Lipinski definition) is 3. The summed E-state index contributed by atoms with van der Waals surface area (Å²) >= 11 is 0. The van der Waals surface area contributed by atoms with Crippen molar-refractivity contribution in [3.8, 4) is 0 Å². The van der Waals surface area contributed by atoms with E-state index in [9.17, 15) is 0 Å². The molecular formula is C14H16N2O4S. The van der Waals surface area contributed by atoms with E-state index in [4.69, 9.17) is 17.5 Å². The summed E-state index contributed by atoms with van der Waals surface area (Å²) in [5.74, 6) is 0. The predicted molar refractivity (Wildman–Crippen MR) is 83.1 cm³/mol. The van der Waals surface area contributed by atoms with Crippen molar-refractivity contribution in [1.29, 1.82) is 0 Å². The van der Waals surface area contributed by atoms with Crippen LogP contribution in [-0.2, 0) is 10.4 Å². The van der Waals surface area contributed by atoms with Crippen molar-refractivity contribution in [2.24, 2.45) is 0 Å². The number of benzene rings is 2. The summed E-state index contributed by atoms with van der Waals surface area (Å²) in [7, 11) is -2.56. The van der Waals surface area contributed by atoms with E-state index in [2.05, 4.69) is 66.7 Å². The van der Waals surface area contributed by atoms with Crippen LogP contribution in [0.2, 0.25) is 0 Å². The molecule has 0 amide bonds. The van der Waals surface area contributed by atoms with Gasteiger partial charge in [-0.15, -0.1) is 0 Å². The highest BCUT2D eigenvalue weighted by Crippen LogP contribution is 2.43. The maximum Gasteiger partial charge on any atom is 0.394 e. The molecule has 0 spiro atoms. The number of rotatable bonds is 0. The molecule has 0 atom stereocenters. The lowest BCUT2D eigenvalue weighted by Crippen LogP contribution is -2.18. The van der Waals surface area contributed by atoms with Crippen LogP contribution in [0.3, 0.4) is 0 Å². The van der Waals surface area contributed by atoms with E-state index in [1.807, 2.05) is 0 Å². The van der Waals surface area contributed by atoms with Crippen LogP contribution in [0.15, 0.2) is 42.5 Å². The van der Waals surface area contributed by atoms with Gasteiger partial charge in [-0.1, -0.05) is 24.3 Å². The van der Waals surface area contributed by atoms with Crippen LogP contribution in [0, 0.1) is 6.92 Å². The summed E-state index contributed by atoms with van der Waals surface area (Å²) < 4.78 is 31.6. The molecule has 3 rings (SSSR count). The molecule has 1 heterocycles. The fourth-order valence-corrected chi connectivity index (χ4v) is 2.23. The molecule has 0 aliphatic carbocycles. The van der Waals surface area contributed by atoms with E-state index in [0.717, 1.165) is 0 Å². The van der Waals surface area contributed by atoms with Gasteiger partial charge in [0.1, 0.15) is 0 Å². The van der Waals surface area contributed by atoms with Crippen molar-refractivity contribution in [2.75, 3.05) is 17.3 Å². The Morgan fingerprint density at radius 2 is 1.57 bits per heavy atom. The molecule has 0 saturated carbocycles. The summed E-state index contributed by atoms with van der Waals surface area (Å²) in [6, 6.07) is 14.7. The third kappa shape index (κ3) is 3.72. The molecule has 0 unspecified atom stereocenters. The summed E-state index contributed by atoms with van der Waals surface area (Å²) in [5, 5.41) is 3.50. The normalized spacial score (nSPS) is 12.5. The van der Waals surface area contributed by atoms with Gasteiger partial charge in [0.25, 0.3) is 0 Å². The molecule has 21 heavy (non-hydrogen) atoms. The monoisotopic (exact) mass is 308 g/mol. The minimum atomic E-state index is -4.67. The Balaban J connectivity index is 0.000000282. The quantitative estimate of drug-likeness (QED) is 0.648. The highest BCUT2D eigenvalue weighted by molar-refractivity contribution is 7.79. The second kappa shape index (κ2) is 5.72. The molecule has 0 fully saturated rings. The zero-order valence-electron chi connectivity index (χ0n) is 11.6. The van der Waals surface area contributed by atoms with Crippen molar-refractivity contribution >= 4 is 33.1 Å². The Morgan fingerprint density at radius 1 is 1.00 bits per heavy atom. The number of anilines is 4. The van der Waals surface area contributed by atoms with E-state index in [0.29, 0.717) is 0 Å². The molecule has 7 heteroatoms. The summed E-state index contributed by atoms with van der Waals surface area (Å²) in [6.45, 7) is 2.13. The number of nitrogens with zero attached hydrogens (tertiary/aromatic N) is 1. The maximum absolute atomic E-state index is 8.74. The highest BCUT2D eigenvalue weighted by Gasteiger charge is 2.19. The smallest absolute Gasteiger partial charge is 0.352 e. The van der Waals surface area contributed by atoms with Gasteiger partial charge in [-0.05, 0) is 30.7 Å². The average Bonchev–Trinajstić information content (AvgIpc) is 2.39. The summed E-state index contributed by atoms with van der Waals surface area (Å²) in [6.07, 6.45) is 0. The fourth-order valence-electron chi connectivity index (χ4n) is 2.23. The van der Waals surface area contributed by atoms with Gasteiger partial charge in [0.2, 0.25) is 0 Å². The second-order valence-corrected chi connectivity index (χ2v) is 5.51. The van der Waals surface area contributed by atoms with Gasteiger partial charge in [0.05, 0.1) is 22.7 Å². The number of para-hydroxylation sites is 3. The third-order valence-electron chi connectivity index (χ3n) is 3.14. The largest absolute Gasteiger partial charge is 0.394 e. The van der Waals surface area contributed by atoms with E-state index in [-0.39, 0.29) is 0 Å². The van der Waals surface area contributed by atoms with Crippen molar-refractivity contribution < 1.29 is 17.5 Å². The average molecular weight is 308 g/mol. The molecule has 1 aliphatic rings. The summed E-state index contributed by atoms with van der Waals surface area (Å²) in [4.78, 5) is 2.23. The molecule has 2 aromatic rings. The SMILES string of the molecule is Cc1cccc2c1Nc1ccccc1N2C.O=S(=O)(O)O. The molecule has 1 aliphatic heterocycles. The van der Waals surface area contributed by atoms with E-state index >= 15 is 0 Å². The molecule has 3 N–H and O–H groups in total. The first-order chi connectivity index (χ1) is 9.77. The van der Waals surface area contributed by atoms with Crippen LogP contribution >= 0.6 is 0 Å². The van der Waals surface area contributed by atoms with Gasteiger partial charge in [-0.3, -0.25) is 9.11 Å². The topological polar surface area (TPSA) is 89.9 Å². The number of fused-ring (bicyclic) bond motifs is 2. The first-order valence-electron chi connectivity index (χ1n) is 6.16. The molecule has 112 valence electrons. The minimum Gasteiger partial charge on any atom is -0.352 e. The standard InChI is InChI=1S/C14H14N2.H2O4S/c1-10-6-5-9-13-14(10)15-11-7-3-4-8-12(11)16(13)2;1-5(2,3)4/h3-9,15H,1-2H3;(H2,1,2,3,4). The van der Waals surface area contributed by atoms with Crippen LogP contribution < -0.4 is 10.2 Å². The summed E-state index contributed by atoms with van der Waals surface area (Å²) in [5.41, 5.74) is 6.12. The van der Waals surface area contributed by atoms with Crippen LogP contribution in [0.5, 0.6) is 0 Å². The minimum absolute atomic E-state index is 1.17. The second-order valence-electron chi connectivity index (χ2n) is 4.62.